The van der Waals surface area contributed by atoms with Crippen LogP contribution in [0.3, 0.4) is 0 Å². The van der Waals surface area contributed by atoms with Gasteiger partial charge in [-0.25, -0.2) is 14.6 Å². The number of nitrogens with zero attached hydrogens (tertiary/aromatic N) is 3. The predicted octanol–water partition coefficient (Wildman–Crippen LogP) is -1.39. The number of ether oxygens (including phenoxy) is 1. The van der Waals surface area contributed by atoms with Crippen molar-refractivity contribution in [3.05, 3.63) is 48.0 Å². The van der Waals surface area contributed by atoms with Gasteiger partial charge in [-0.2, -0.15) is 0 Å². The average Bonchev–Trinajstić information content (AvgIpc) is 4.10. The number of aliphatic hydroxyl groups excluding tert-OH is 1. The van der Waals surface area contributed by atoms with Crippen LogP contribution in [0.1, 0.15) is 90.3 Å². The fourth-order valence-electron chi connectivity index (χ4n) is 7.99. The zero-order valence-corrected chi connectivity index (χ0v) is 38.2. The van der Waals surface area contributed by atoms with Gasteiger partial charge in [-0.3, -0.25) is 33.8 Å². The van der Waals surface area contributed by atoms with Crippen molar-refractivity contribution >= 4 is 53.3 Å². The molecule has 0 bridgehead atoms. The number of H-pyrrole nitrogens is 1. The molecule has 2 aromatic rings. The van der Waals surface area contributed by atoms with Gasteiger partial charge in [0.2, 0.25) is 35.4 Å². The monoisotopic (exact) mass is 939 g/mol. The van der Waals surface area contributed by atoms with Gasteiger partial charge in [0.25, 0.3) is 0 Å². The first-order chi connectivity index (χ1) is 31.7. The zero-order valence-electron chi connectivity index (χ0n) is 38.2. The zero-order chi connectivity index (χ0) is 49.4. The van der Waals surface area contributed by atoms with Gasteiger partial charge in [-0.15, -0.1) is 0 Å². The third kappa shape index (κ3) is 16.0. The Hall–Kier alpha value is -6.78. The van der Waals surface area contributed by atoms with Gasteiger partial charge < -0.3 is 68.0 Å². The van der Waals surface area contributed by atoms with Crippen molar-refractivity contribution in [1.82, 2.24) is 41.5 Å². The highest BCUT2D eigenvalue weighted by Crippen LogP contribution is 2.29. The number of nitrogens with two attached hydrogens (primary N) is 2. The summed E-state index contributed by atoms with van der Waals surface area (Å²) < 4.78 is 5.11. The number of carbonyl (C=O) groups excluding carboxylic acids is 7. The number of esters is 1. The third-order valence-corrected chi connectivity index (χ3v) is 11.7. The number of imidazole rings is 1. The van der Waals surface area contributed by atoms with E-state index in [1.165, 1.54) is 43.4 Å². The quantitative estimate of drug-likeness (QED) is 0.0250. The first-order valence-electron chi connectivity index (χ1n) is 22.5. The minimum absolute atomic E-state index is 0.0373. The van der Waals surface area contributed by atoms with Crippen molar-refractivity contribution in [2.24, 2.45) is 28.3 Å². The molecule has 4 rings (SSSR count). The number of amides is 6. The number of benzene rings is 1. The molecular weight excluding hydrogens is 875 g/mol. The lowest BCUT2D eigenvalue weighted by molar-refractivity contribution is -0.167. The Kier molecular flexibility index (Phi) is 19.9. The van der Waals surface area contributed by atoms with Crippen LogP contribution in [-0.4, -0.2) is 145 Å². The highest BCUT2D eigenvalue weighted by atomic mass is 16.6. The van der Waals surface area contributed by atoms with E-state index in [1.54, 1.807) is 26.0 Å². The molecular formula is C44H65N11O12. The van der Waals surface area contributed by atoms with E-state index in [-0.39, 0.29) is 62.8 Å². The summed E-state index contributed by atoms with van der Waals surface area (Å²) in [5.74, 6) is -7.87. The van der Waals surface area contributed by atoms with Crippen molar-refractivity contribution < 1.29 is 58.4 Å². The number of hydrogen-bond donors (Lipinski definition) is 11. The molecule has 0 spiro atoms. The molecule has 0 unspecified atom stereocenters. The molecule has 23 heteroatoms. The molecule has 2 fully saturated rings. The molecule has 1 aliphatic carbocycles. The molecule has 67 heavy (non-hydrogen) atoms. The standard InChI is InChI=1S/C44H65N11O12/c1-23(2)34(53-37(59)30(50-36(58)24(3)56)11-7-17-48-44(45)46)39(61)51-31(19-26-13-15-29(57)16-14-26)38(60)54-35(27-9-5-6-10-27)40(62)52-32(20-28-21-47-22-49-28)41(63)55-18-8-12-33(55)43(66)67-25(4)42(64)65/h13-16,21-25,27,30-35,56-57H,5-12,17-20H2,1-4H3,(H,47,49)(H,50,58)(H,51,61)(H,52,62)(H,53,59)(H,54,60)(H,64,65)(H4,45,46,48)/t24-,25-,30-,31-,32-,33-,34-,35-/m0/s1. The maximum atomic E-state index is 14.5. The Morgan fingerprint density at radius 1 is 0.821 bits per heavy atom. The maximum absolute atomic E-state index is 14.5. The van der Waals surface area contributed by atoms with Crippen LogP contribution in [0.5, 0.6) is 5.75 Å². The highest BCUT2D eigenvalue weighted by molar-refractivity contribution is 5.97. The minimum Gasteiger partial charge on any atom is -0.508 e. The van der Waals surface area contributed by atoms with E-state index in [2.05, 4.69) is 41.5 Å². The van der Waals surface area contributed by atoms with Gasteiger partial charge in [0, 0.05) is 37.8 Å². The molecule has 0 radical (unpaired) electrons. The highest BCUT2D eigenvalue weighted by Gasteiger charge is 2.42. The first kappa shape index (κ1) is 52.8. The molecule has 8 atom stereocenters. The van der Waals surface area contributed by atoms with Crippen LogP contribution in [0.25, 0.3) is 0 Å². The molecule has 23 nitrogen and oxygen atoms in total. The van der Waals surface area contributed by atoms with Crippen molar-refractivity contribution in [2.45, 2.75) is 140 Å². The number of aromatic amines is 1. The molecule has 1 saturated carbocycles. The summed E-state index contributed by atoms with van der Waals surface area (Å²) in [7, 11) is 0. The van der Waals surface area contributed by atoms with E-state index in [0.717, 1.165) is 12.8 Å². The molecule has 13 N–H and O–H groups in total. The minimum atomic E-state index is -1.46. The molecule has 1 aromatic carbocycles. The largest absolute Gasteiger partial charge is 0.508 e. The Morgan fingerprint density at radius 2 is 1.46 bits per heavy atom. The van der Waals surface area contributed by atoms with Crippen LogP contribution in [0, 0.1) is 11.8 Å². The molecule has 6 amide bonds. The summed E-state index contributed by atoms with van der Waals surface area (Å²) in [6.45, 7) is 6.00. The number of carboxylic acid groups (broad SMARTS) is 1. The number of aliphatic imine (C=N–C) groups is 1. The summed E-state index contributed by atoms with van der Waals surface area (Å²) >= 11 is 0. The number of aromatic nitrogens is 2. The number of aromatic hydroxyl groups is 1. The van der Waals surface area contributed by atoms with Crippen LogP contribution in [0.2, 0.25) is 0 Å². The second-order valence-corrected chi connectivity index (χ2v) is 17.3. The lowest BCUT2D eigenvalue weighted by Gasteiger charge is -2.31. The molecule has 1 aliphatic heterocycles. The SMILES string of the molecule is CC(C)[C@H](NC(=O)[C@H](CCCN=C(N)N)NC(=O)[C@H](C)O)C(=O)N[C@@H](Cc1ccc(O)cc1)C(=O)N[C@H](C(=O)N[C@@H](Cc1cnc[nH]1)C(=O)N1CCC[C@H]1C(=O)O[C@@H](C)C(=O)O)C1CCCC1. The van der Waals surface area contributed by atoms with Crippen LogP contribution < -0.4 is 38.1 Å². The Labute approximate surface area is 388 Å². The van der Waals surface area contributed by atoms with Crippen LogP contribution >= 0.6 is 0 Å². The summed E-state index contributed by atoms with van der Waals surface area (Å²) in [6.07, 6.45) is 3.27. The first-order valence-corrected chi connectivity index (χ1v) is 22.5. The lowest BCUT2D eigenvalue weighted by Crippen LogP contribution is -2.61. The molecule has 2 heterocycles. The van der Waals surface area contributed by atoms with Gasteiger partial charge in [-0.1, -0.05) is 38.8 Å². The predicted molar refractivity (Wildman–Crippen MR) is 240 cm³/mol. The smallest absolute Gasteiger partial charge is 0.344 e. The van der Waals surface area contributed by atoms with Crippen molar-refractivity contribution in [3.63, 3.8) is 0 Å². The van der Waals surface area contributed by atoms with Gasteiger partial charge in [0.05, 0.1) is 6.33 Å². The third-order valence-electron chi connectivity index (χ3n) is 11.7. The average molecular weight is 940 g/mol. The number of aliphatic carboxylic acids is 1. The molecule has 1 saturated heterocycles. The number of likely N-dealkylation sites (tertiary alicyclic amines) is 1. The number of rotatable bonds is 24. The lowest BCUT2D eigenvalue weighted by atomic mass is 9.95. The van der Waals surface area contributed by atoms with Gasteiger partial charge in [0.1, 0.15) is 48.1 Å². The van der Waals surface area contributed by atoms with Crippen LogP contribution in [0.15, 0.2) is 41.8 Å². The van der Waals surface area contributed by atoms with Crippen molar-refractivity contribution in [1.29, 1.82) is 0 Å². The summed E-state index contributed by atoms with van der Waals surface area (Å²) in [4.78, 5) is 120. The number of guanidine groups is 1. The van der Waals surface area contributed by atoms with E-state index in [4.69, 9.17) is 16.2 Å². The van der Waals surface area contributed by atoms with Crippen LogP contribution in [0.4, 0.5) is 0 Å². The van der Waals surface area contributed by atoms with E-state index in [9.17, 15) is 53.7 Å². The van der Waals surface area contributed by atoms with Crippen molar-refractivity contribution in [3.8, 4) is 5.75 Å². The number of phenols is 1. The van der Waals surface area contributed by atoms with E-state index < -0.39 is 102 Å². The maximum Gasteiger partial charge on any atom is 0.344 e. The molecule has 2 aliphatic rings. The number of hydrogen-bond acceptors (Lipinski definition) is 13. The Bertz CT molecular complexity index is 2050. The Morgan fingerprint density at radius 3 is 2.06 bits per heavy atom. The topological polar surface area (TPSA) is 363 Å². The number of carboxylic acids is 1. The van der Waals surface area contributed by atoms with E-state index in [1.807, 2.05) is 0 Å². The fourth-order valence-corrected chi connectivity index (χ4v) is 7.99. The molecule has 1 aromatic heterocycles. The van der Waals surface area contributed by atoms with Gasteiger partial charge in [0.15, 0.2) is 12.1 Å². The van der Waals surface area contributed by atoms with Gasteiger partial charge in [-0.05, 0) is 81.9 Å². The number of carbonyl (C=O) groups is 8. The van der Waals surface area contributed by atoms with Crippen molar-refractivity contribution in [2.75, 3.05) is 13.1 Å². The summed E-state index contributed by atoms with van der Waals surface area (Å²) in [5, 5.41) is 42.7. The second kappa shape index (κ2) is 25.2. The number of phenolic OH excluding ortho intramolecular Hbond substituents is 1. The summed E-state index contributed by atoms with van der Waals surface area (Å²) in [6, 6.07) is -1.49. The second-order valence-electron chi connectivity index (χ2n) is 17.3. The summed E-state index contributed by atoms with van der Waals surface area (Å²) in [5.41, 5.74) is 11.8. The normalized spacial score (nSPS) is 18.0. The fraction of sp³-hybridized carbons (Fsp3) is 0.591. The van der Waals surface area contributed by atoms with E-state index >= 15 is 0 Å². The van der Waals surface area contributed by atoms with E-state index in [0.29, 0.717) is 30.5 Å². The van der Waals surface area contributed by atoms with Gasteiger partial charge >= 0.3 is 11.9 Å². The van der Waals surface area contributed by atoms with Crippen LogP contribution in [-0.2, 0) is 55.9 Å². The number of nitrogens with one attached hydrogen (secondary N) is 6. The Balaban J connectivity index is 1.60. The number of aliphatic hydroxyl groups is 1. The molecule has 368 valence electrons.